The summed E-state index contributed by atoms with van der Waals surface area (Å²) in [4.78, 5) is 34.2. The maximum atomic E-state index is 11.4. The average molecular weight is 698 g/mol. The molecule has 1 aliphatic carbocycles. The van der Waals surface area contributed by atoms with Crippen LogP contribution < -0.4 is 9.47 Å². The minimum absolute atomic E-state index is 0.0743. The number of rotatable bonds is 13. The first-order valence-corrected chi connectivity index (χ1v) is 17.4. The van der Waals surface area contributed by atoms with E-state index in [0.29, 0.717) is 12.5 Å². The smallest absolute Gasteiger partial charge is 0.489 e. The number of hydrogen-bond donors (Lipinski definition) is 2. The van der Waals surface area contributed by atoms with Crippen molar-refractivity contribution in [2.24, 2.45) is 0 Å². The zero-order valence-electron chi connectivity index (χ0n) is 28.8. The summed E-state index contributed by atoms with van der Waals surface area (Å²) in [5.74, 6) is 0.550. The van der Waals surface area contributed by atoms with Gasteiger partial charge in [-0.1, -0.05) is 54.6 Å². The van der Waals surface area contributed by atoms with E-state index in [2.05, 4.69) is 20.9 Å². The lowest BCUT2D eigenvalue weighted by molar-refractivity contribution is 0.0696. The molecule has 0 saturated carbocycles. The van der Waals surface area contributed by atoms with Crippen molar-refractivity contribution < 1.29 is 33.7 Å². The van der Waals surface area contributed by atoms with Gasteiger partial charge in [-0.15, -0.1) is 0 Å². The predicted molar refractivity (Wildman–Crippen MR) is 196 cm³/mol. The topological polar surface area (TPSA) is 135 Å². The molecule has 7 rings (SSSR count). The van der Waals surface area contributed by atoms with Gasteiger partial charge in [-0.3, -0.25) is 4.90 Å². The summed E-state index contributed by atoms with van der Waals surface area (Å²) in [7, 11) is 0. The van der Waals surface area contributed by atoms with Gasteiger partial charge >= 0.3 is 12.1 Å². The quantitative estimate of drug-likeness (QED) is 0.113. The van der Waals surface area contributed by atoms with Crippen LogP contribution in [0.15, 0.2) is 108 Å². The third-order valence-corrected chi connectivity index (χ3v) is 9.53. The highest BCUT2D eigenvalue weighted by Gasteiger charge is 2.28. The molecule has 1 unspecified atom stereocenters. The molecule has 10 nitrogen and oxygen atoms in total. The van der Waals surface area contributed by atoms with Gasteiger partial charge in [0.2, 0.25) is 11.8 Å². The second-order valence-corrected chi connectivity index (χ2v) is 13.1. The molecular weight excluding hydrogens is 658 g/mol. The molecule has 0 bridgehead atoms. The van der Waals surface area contributed by atoms with Crippen LogP contribution in [0.25, 0.3) is 22.6 Å². The summed E-state index contributed by atoms with van der Waals surface area (Å²) >= 11 is 0. The number of carbonyl (C=O) groups is 2. The van der Waals surface area contributed by atoms with Gasteiger partial charge in [0.05, 0.1) is 5.56 Å². The molecule has 2 heterocycles. The maximum Gasteiger partial charge on any atom is 0.512 e. The number of aryl methyl sites for hydroxylation is 2. The standard InChI is InChI=1S/C42H39N3O7/c1-27-9-19-38-35(25-27)44-40(51-38)31-14-12-29(13-15-31)26-50-37-8-3-2-5-30(37)22-24-45(23-21-28-10-16-32(17-11-28)41(46)47)36-7-4-6-34-33(36)18-20-39(43-34)52-42(48)49/h2-3,5,8-20,25,36H,4,6-7,21-24,26H2,1H3,(H,46,47)(H,48,49). The van der Waals surface area contributed by atoms with E-state index >= 15 is 0 Å². The molecule has 2 N–H and O–H groups in total. The zero-order chi connectivity index (χ0) is 36.0. The van der Waals surface area contributed by atoms with Gasteiger partial charge in [0.1, 0.15) is 17.9 Å². The molecule has 0 aliphatic heterocycles. The van der Waals surface area contributed by atoms with Crippen molar-refractivity contribution in [3.05, 3.63) is 142 Å². The number of nitrogens with zero attached hydrogens (tertiary/aromatic N) is 3. The van der Waals surface area contributed by atoms with Gasteiger partial charge in [-0.2, -0.15) is 0 Å². The van der Waals surface area contributed by atoms with E-state index in [9.17, 15) is 14.7 Å². The number of ether oxygens (including phenoxy) is 2. The summed E-state index contributed by atoms with van der Waals surface area (Å²) in [5.41, 5.74) is 9.01. The maximum absolute atomic E-state index is 11.4. The third-order valence-electron chi connectivity index (χ3n) is 9.53. The number of benzene rings is 4. The molecule has 0 radical (unpaired) electrons. The summed E-state index contributed by atoms with van der Waals surface area (Å²) in [6, 6.07) is 32.8. The van der Waals surface area contributed by atoms with Crippen LogP contribution in [0.5, 0.6) is 11.6 Å². The van der Waals surface area contributed by atoms with Gasteiger partial charge < -0.3 is 24.1 Å². The fourth-order valence-corrected chi connectivity index (χ4v) is 6.83. The fraction of sp³-hybridized carbons (Fsp3) is 0.238. The van der Waals surface area contributed by atoms with Crippen molar-refractivity contribution in [1.29, 1.82) is 0 Å². The number of oxazole rings is 1. The second kappa shape index (κ2) is 15.5. The number of hydrogen-bond acceptors (Lipinski definition) is 8. The van der Waals surface area contributed by atoms with E-state index in [4.69, 9.17) is 19.0 Å². The van der Waals surface area contributed by atoms with E-state index in [1.807, 2.05) is 85.8 Å². The van der Waals surface area contributed by atoms with E-state index in [0.717, 1.165) is 101 Å². The van der Waals surface area contributed by atoms with Crippen molar-refractivity contribution in [1.82, 2.24) is 14.9 Å². The molecule has 264 valence electrons. The second-order valence-electron chi connectivity index (χ2n) is 13.1. The Morgan fingerprint density at radius 2 is 1.63 bits per heavy atom. The summed E-state index contributed by atoms with van der Waals surface area (Å²) in [6.45, 7) is 3.92. The molecule has 0 saturated heterocycles. The summed E-state index contributed by atoms with van der Waals surface area (Å²) in [6.07, 6.45) is 2.68. The number of carboxylic acids is 1. The third kappa shape index (κ3) is 8.14. The minimum Gasteiger partial charge on any atom is -0.489 e. The SMILES string of the molecule is Cc1ccc2oc(-c3ccc(COc4ccccc4CCN(CCc4ccc(C(=O)O)cc4)C4CCCc5nc(OC(=O)O)ccc54)cc3)nc2c1. The highest BCUT2D eigenvalue weighted by atomic mass is 16.7. The monoisotopic (exact) mass is 697 g/mol. The molecule has 0 amide bonds. The molecule has 1 aliphatic rings. The van der Waals surface area contributed by atoms with Crippen LogP contribution in [-0.4, -0.2) is 50.3 Å². The van der Waals surface area contributed by atoms with Crippen LogP contribution >= 0.6 is 0 Å². The van der Waals surface area contributed by atoms with Crippen LogP contribution in [-0.2, 0) is 25.9 Å². The van der Waals surface area contributed by atoms with Gasteiger partial charge in [-0.25, -0.2) is 19.6 Å². The van der Waals surface area contributed by atoms with Crippen LogP contribution in [0.3, 0.4) is 0 Å². The van der Waals surface area contributed by atoms with Gasteiger partial charge in [0.15, 0.2) is 5.58 Å². The van der Waals surface area contributed by atoms with Crippen LogP contribution in [0.1, 0.15) is 62.8 Å². The van der Waals surface area contributed by atoms with Crippen molar-refractivity contribution in [3.63, 3.8) is 0 Å². The average Bonchev–Trinajstić information content (AvgIpc) is 3.57. The zero-order valence-corrected chi connectivity index (χ0v) is 28.8. The molecular formula is C42H39N3O7. The lowest BCUT2D eigenvalue weighted by atomic mass is 9.89. The van der Waals surface area contributed by atoms with E-state index in [-0.39, 0.29) is 17.5 Å². The number of para-hydroxylation sites is 1. The number of aromatic carboxylic acids is 1. The number of pyridine rings is 1. The first-order chi connectivity index (χ1) is 25.3. The molecule has 2 aromatic heterocycles. The van der Waals surface area contributed by atoms with E-state index in [1.54, 1.807) is 18.2 Å². The Labute approximate surface area is 301 Å². The molecule has 1 atom stereocenters. The normalized spacial score (nSPS) is 13.9. The van der Waals surface area contributed by atoms with Crippen LogP contribution in [0.2, 0.25) is 0 Å². The molecule has 10 heteroatoms. The molecule has 0 spiro atoms. The molecule has 6 aromatic rings. The molecule has 0 fully saturated rings. The minimum atomic E-state index is -1.39. The van der Waals surface area contributed by atoms with Gasteiger partial charge in [-0.05, 0) is 109 Å². The van der Waals surface area contributed by atoms with Crippen LogP contribution in [0, 0.1) is 6.92 Å². The highest BCUT2D eigenvalue weighted by molar-refractivity contribution is 5.87. The Balaban J connectivity index is 1.05. The largest absolute Gasteiger partial charge is 0.512 e. The highest BCUT2D eigenvalue weighted by Crippen LogP contribution is 2.35. The Morgan fingerprint density at radius 1 is 0.865 bits per heavy atom. The summed E-state index contributed by atoms with van der Waals surface area (Å²) < 4.78 is 17.2. The Kier molecular flexibility index (Phi) is 10.3. The Morgan fingerprint density at radius 3 is 2.42 bits per heavy atom. The van der Waals surface area contributed by atoms with Crippen LogP contribution in [0.4, 0.5) is 4.79 Å². The molecule has 52 heavy (non-hydrogen) atoms. The first kappa shape index (κ1) is 34.4. The first-order valence-electron chi connectivity index (χ1n) is 17.4. The van der Waals surface area contributed by atoms with Gasteiger partial charge in [0, 0.05) is 36.5 Å². The Bertz CT molecular complexity index is 2190. The molecule has 4 aromatic carbocycles. The number of aromatic nitrogens is 2. The number of fused-ring (bicyclic) bond motifs is 2. The summed E-state index contributed by atoms with van der Waals surface area (Å²) in [5, 5.41) is 18.4. The van der Waals surface area contributed by atoms with Crippen molar-refractivity contribution in [2.45, 2.75) is 51.7 Å². The predicted octanol–water partition coefficient (Wildman–Crippen LogP) is 8.70. The number of carboxylic acid groups (broad SMARTS) is 2. The van der Waals surface area contributed by atoms with Crippen molar-refractivity contribution in [2.75, 3.05) is 13.1 Å². The fourth-order valence-electron chi connectivity index (χ4n) is 6.83. The lowest BCUT2D eigenvalue weighted by Gasteiger charge is -2.36. The van der Waals surface area contributed by atoms with Crippen molar-refractivity contribution >= 4 is 23.2 Å². The van der Waals surface area contributed by atoms with Crippen molar-refractivity contribution in [3.8, 4) is 23.1 Å². The van der Waals surface area contributed by atoms with E-state index < -0.39 is 12.1 Å². The van der Waals surface area contributed by atoms with Gasteiger partial charge in [0.25, 0.3) is 0 Å². The van der Waals surface area contributed by atoms with E-state index in [1.165, 1.54) is 0 Å². The Hall–Kier alpha value is -6.00. The lowest BCUT2D eigenvalue weighted by Crippen LogP contribution is -2.35.